The summed E-state index contributed by atoms with van der Waals surface area (Å²) in [5, 5.41) is 19.2. The maximum atomic E-state index is 11.9. The first-order valence-corrected chi connectivity index (χ1v) is 7.09. The maximum absolute atomic E-state index is 11.9. The van der Waals surface area contributed by atoms with Crippen LogP contribution in [0.3, 0.4) is 0 Å². The molecule has 0 aliphatic carbocycles. The van der Waals surface area contributed by atoms with Gasteiger partial charge in [-0.3, -0.25) is 10.1 Å². The standard InChI is InChI=1S/C11H13N3O5S/c1-19-11-5-4-9(8-10(11)14(15)16)20(17,18)13-7-3-2-6-12/h4-5,8,13H,2-3,7H2,1H3. The molecule has 1 N–H and O–H groups in total. The van der Waals surface area contributed by atoms with Gasteiger partial charge in [0.2, 0.25) is 10.0 Å². The Morgan fingerprint density at radius 3 is 2.75 bits per heavy atom. The number of nitrogens with zero attached hydrogens (tertiary/aromatic N) is 2. The summed E-state index contributed by atoms with van der Waals surface area (Å²) in [6.45, 7) is 0.0930. The van der Waals surface area contributed by atoms with Crippen molar-refractivity contribution in [2.75, 3.05) is 13.7 Å². The predicted octanol–water partition coefficient (Wildman–Crippen LogP) is 1.19. The summed E-state index contributed by atoms with van der Waals surface area (Å²) < 4.78 is 30.9. The third-order valence-electron chi connectivity index (χ3n) is 2.41. The van der Waals surface area contributed by atoms with Gasteiger partial charge in [0.1, 0.15) is 0 Å². The largest absolute Gasteiger partial charge is 0.490 e. The molecule has 1 aromatic rings. The van der Waals surface area contributed by atoms with E-state index in [4.69, 9.17) is 10.00 Å². The van der Waals surface area contributed by atoms with Crippen LogP contribution in [0.2, 0.25) is 0 Å². The Morgan fingerprint density at radius 1 is 1.50 bits per heavy atom. The SMILES string of the molecule is COc1ccc(S(=O)(=O)NCCCC#N)cc1[N+](=O)[O-]. The zero-order valence-corrected chi connectivity index (χ0v) is 11.5. The molecule has 0 saturated heterocycles. The fourth-order valence-electron chi connectivity index (χ4n) is 1.44. The number of unbranched alkanes of at least 4 members (excludes halogenated alkanes) is 1. The van der Waals surface area contributed by atoms with Crippen LogP contribution >= 0.6 is 0 Å². The number of hydrogen-bond acceptors (Lipinski definition) is 6. The summed E-state index contributed by atoms with van der Waals surface area (Å²) in [6, 6.07) is 5.27. The van der Waals surface area contributed by atoms with Gasteiger partial charge in [-0.25, -0.2) is 13.1 Å². The van der Waals surface area contributed by atoms with Gasteiger partial charge in [0.15, 0.2) is 5.75 Å². The third kappa shape index (κ3) is 3.91. The molecule has 1 aromatic carbocycles. The van der Waals surface area contributed by atoms with E-state index >= 15 is 0 Å². The van der Waals surface area contributed by atoms with Crippen LogP contribution in [0.15, 0.2) is 23.1 Å². The van der Waals surface area contributed by atoms with Crippen LogP contribution in [-0.4, -0.2) is 27.0 Å². The minimum atomic E-state index is -3.84. The molecule has 1 rings (SSSR count). The minimum Gasteiger partial charge on any atom is -0.490 e. The van der Waals surface area contributed by atoms with Gasteiger partial charge in [0.25, 0.3) is 0 Å². The summed E-state index contributed by atoms with van der Waals surface area (Å²) in [7, 11) is -2.58. The Kier molecular flexibility index (Phi) is 5.42. The molecule has 0 aromatic heterocycles. The fourth-order valence-corrected chi connectivity index (χ4v) is 2.53. The summed E-state index contributed by atoms with van der Waals surface area (Å²) in [5.74, 6) is -0.0153. The lowest BCUT2D eigenvalue weighted by molar-refractivity contribution is -0.386. The number of nitro benzene ring substituents is 1. The summed E-state index contributed by atoms with van der Waals surface area (Å²) in [6.07, 6.45) is 0.596. The molecular weight excluding hydrogens is 286 g/mol. The molecule has 108 valence electrons. The first kappa shape index (κ1) is 15.9. The normalized spacial score (nSPS) is 10.8. The van der Waals surface area contributed by atoms with Crippen molar-refractivity contribution in [2.24, 2.45) is 0 Å². The number of nitriles is 1. The minimum absolute atomic E-state index is 0.0153. The second-order valence-electron chi connectivity index (χ2n) is 3.75. The molecule has 0 aliphatic rings. The van der Waals surface area contributed by atoms with E-state index in [1.54, 1.807) is 0 Å². The van der Waals surface area contributed by atoms with Crippen molar-refractivity contribution in [1.82, 2.24) is 4.72 Å². The molecule has 0 spiro atoms. The highest BCUT2D eigenvalue weighted by molar-refractivity contribution is 7.89. The van der Waals surface area contributed by atoms with Crippen molar-refractivity contribution >= 4 is 15.7 Å². The molecule has 0 atom stereocenters. The molecule has 8 nitrogen and oxygen atoms in total. The molecule has 9 heteroatoms. The summed E-state index contributed by atoms with van der Waals surface area (Å²) in [5.41, 5.74) is -0.424. The Morgan fingerprint density at radius 2 is 2.20 bits per heavy atom. The van der Waals surface area contributed by atoms with Crippen LogP contribution in [0.5, 0.6) is 5.75 Å². The average molecular weight is 299 g/mol. The van der Waals surface area contributed by atoms with Gasteiger partial charge in [0.05, 0.1) is 23.0 Å². The van der Waals surface area contributed by atoms with Crippen molar-refractivity contribution < 1.29 is 18.1 Å². The van der Waals surface area contributed by atoms with Crippen LogP contribution in [0.4, 0.5) is 5.69 Å². The highest BCUT2D eigenvalue weighted by Crippen LogP contribution is 2.29. The van der Waals surface area contributed by atoms with E-state index in [0.717, 1.165) is 6.07 Å². The predicted molar refractivity (Wildman–Crippen MR) is 69.7 cm³/mol. The third-order valence-corrected chi connectivity index (χ3v) is 3.87. The van der Waals surface area contributed by atoms with Gasteiger partial charge >= 0.3 is 5.69 Å². The quantitative estimate of drug-likeness (QED) is 0.458. The number of hydrogen-bond donors (Lipinski definition) is 1. The lowest BCUT2D eigenvalue weighted by Crippen LogP contribution is -2.24. The molecule has 0 saturated carbocycles. The van der Waals surface area contributed by atoms with Gasteiger partial charge in [-0.2, -0.15) is 5.26 Å². The number of methoxy groups -OCH3 is 1. The smallest absolute Gasteiger partial charge is 0.312 e. The average Bonchev–Trinajstić information content (AvgIpc) is 2.42. The first-order chi connectivity index (χ1) is 9.42. The van der Waals surface area contributed by atoms with Crippen LogP contribution in [0.25, 0.3) is 0 Å². The van der Waals surface area contributed by atoms with E-state index in [9.17, 15) is 18.5 Å². The van der Waals surface area contributed by atoms with Crippen LogP contribution in [0, 0.1) is 21.4 Å². The lowest BCUT2D eigenvalue weighted by Gasteiger charge is -2.07. The monoisotopic (exact) mass is 299 g/mol. The molecule has 0 aliphatic heterocycles. The van der Waals surface area contributed by atoms with Crippen molar-refractivity contribution in [3.63, 3.8) is 0 Å². The molecule has 0 bridgehead atoms. The van der Waals surface area contributed by atoms with Crippen molar-refractivity contribution in [2.45, 2.75) is 17.7 Å². The van der Waals surface area contributed by atoms with Gasteiger partial charge in [0, 0.05) is 19.0 Å². The van der Waals surface area contributed by atoms with E-state index in [0.29, 0.717) is 6.42 Å². The number of sulfonamides is 1. The molecular formula is C11H13N3O5S. The van der Waals surface area contributed by atoms with Gasteiger partial charge in [-0.05, 0) is 18.6 Å². The van der Waals surface area contributed by atoms with Crippen molar-refractivity contribution in [3.05, 3.63) is 28.3 Å². The summed E-state index contributed by atoms with van der Waals surface area (Å²) >= 11 is 0. The molecule has 0 radical (unpaired) electrons. The highest BCUT2D eigenvalue weighted by Gasteiger charge is 2.21. The van der Waals surface area contributed by atoms with E-state index in [1.165, 1.54) is 19.2 Å². The van der Waals surface area contributed by atoms with E-state index in [-0.39, 0.29) is 23.6 Å². The summed E-state index contributed by atoms with van der Waals surface area (Å²) in [4.78, 5) is 9.90. The zero-order chi connectivity index (χ0) is 15.2. The van der Waals surface area contributed by atoms with E-state index < -0.39 is 20.6 Å². The van der Waals surface area contributed by atoms with E-state index in [1.807, 2.05) is 6.07 Å². The highest BCUT2D eigenvalue weighted by atomic mass is 32.2. The van der Waals surface area contributed by atoms with Gasteiger partial charge in [-0.15, -0.1) is 0 Å². The van der Waals surface area contributed by atoms with Crippen molar-refractivity contribution in [1.29, 1.82) is 5.26 Å². The van der Waals surface area contributed by atoms with Crippen molar-refractivity contribution in [3.8, 4) is 11.8 Å². The second kappa shape index (κ2) is 6.83. The Hall–Kier alpha value is -2.18. The molecule has 0 fully saturated rings. The lowest BCUT2D eigenvalue weighted by atomic mass is 10.3. The maximum Gasteiger partial charge on any atom is 0.312 e. The number of ether oxygens (including phenoxy) is 1. The Balaban J connectivity index is 2.99. The first-order valence-electron chi connectivity index (χ1n) is 5.61. The molecule has 20 heavy (non-hydrogen) atoms. The zero-order valence-electron chi connectivity index (χ0n) is 10.7. The second-order valence-corrected chi connectivity index (χ2v) is 5.52. The number of nitrogens with one attached hydrogen (secondary N) is 1. The van der Waals surface area contributed by atoms with Gasteiger partial charge in [-0.1, -0.05) is 0 Å². The van der Waals surface area contributed by atoms with Crippen LogP contribution in [0.1, 0.15) is 12.8 Å². The number of nitro groups is 1. The Labute approximate surface area is 116 Å². The Bertz CT molecular complexity index is 636. The molecule has 0 amide bonds. The van der Waals surface area contributed by atoms with E-state index in [2.05, 4.69) is 4.72 Å². The number of benzene rings is 1. The number of rotatable bonds is 7. The molecule has 0 unspecified atom stereocenters. The molecule has 0 heterocycles. The topological polar surface area (TPSA) is 122 Å². The fraction of sp³-hybridized carbons (Fsp3) is 0.364. The van der Waals surface area contributed by atoms with Crippen LogP contribution in [-0.2, 0) is 10.0 Å². The van der Waals surface area contributed by atoms with Gasteiger partial charge < -0.3 is 4.74 Å². The van der Waals surface area contributed by atoms with Crippen LogP contribution < -0.4 is 9.46 Å².